The Kier molecular flexibility index (Phi) is 5.26. The fourth-order valence-electron chi connectivity index (χ4n) is 3.30. The number of fused-ring (bicyclic) bond motifs is 1. The normalized spacial score (nSPS) is 11.3. The lowest BCUT2D eigenvalue weighted by Crippen LogP contribution is -2.14. The van der Waals surface area contributed by atoms with Crippen molar-refractivity contribution in [2.45, 2.75) is 33.7 Å². The summed E-state index contributed by atoms with van der Waals surface area (Å²) < 4.78 is 7.07. The Morgan fingerprint density at radius 3 is 2.57 bits per heavy atom. The molecule has 0 spiro atoms. The van der Waals surface area contributed by atoms with Crippen molar-refractivity contribution < 1.29 is 9.53 Å². The molecular formula is C22H23N5O2S. The number of anilines is 1. The molecule has 0 saturated heterocycles. The topological polar surface area (TPSA) is 81.9 Å². The molecule has 8 heteroatoms. The molecule has 0 aliphatic carbocycles. The summed E-state index contributed by atoms with van der Waals surface area (Å²) in [5, 5.41) is 8.71. The van der Waals surface area contributed by atoms with Gasteiger partial charge in [-0.2, -0.15) is 5.10 Å². The number of thiazole rings is 1. The van der Waals surface area contributed by atoms with Gasteiger partial charge in [0.1, 0.15) is 5.75 Å². The van der Waals surface area contributed by atoms with E-state index < -0.39 is 0 Å². The number of carbonyl (C=O) groups excluding carboxylic acids is 1. The van der Waals surface area contributed by atoms with E-state index in [2.05, 4.69) is 34.2 Å². The molecule has 7 nitrogen and oxygen atoms in total. The number of nitrogens with one attached hydrogen (secondary N) is 1. The Hall–Kier alpha value is -3.26. The van der Waals surface area contributed by atoms with Gasteiger partial charge in [0, 0.05) is 21.9 Å². The van der Waals surface area contributed by atoms with Crippen LogP contribution in [0.1, 0.15) is 40.8 Å². The summed E-state index contributed by atoms with van der Waals surface area (Å²) in [6.07, 6.45) is 1.74. The van der Waals surface area contributed by atoms with Crippen molar-refractivity contribution in [1.82, 2.24) is 19.7 Å². The first-order valence-corrected chi connectivity index (χ1v) is 10.5. The predicted molar refractivity (Wildman–Crippen MR) is 119 cm³/mol. The van der Waals surface area contributed by atoms with Gasteiger partial charge in [0.15, 0.2) is 10.8 Å². The first-order valence-electron chi connectivity index (χ1n) is 9.65. The van der Waals surface area contributed by atoms with Gasteiger partial charge in [-0.15, -0.1) is 11.3 Å². The van der Waals surface area contributed by atoms with Gasteiger partial charge < -0.3 is 4.74 Å². The van der Waals surface area contributed by atoms with Gasteiger partial charge in [-0.1, -0.05) is 0 Å². The largest absolute Gasteiger partial charge is 0.497 e. The maximum atomic E-state index is 12.9. The van der Waals surface area contributed by atoms with Crippen LogP contribution in [0, 0.1) is 13.8 Å². The summed E-state index contributed by atoms with van der Waals surface area (Å²) in [6, 6.07) is 9.75. The summed E-state index contributed by atoms with van der Waals surface area (Å²) in [7, 11) is 1.64. The third-order valence-electron chi connectivity index (χ3n) is 4.87. The van der Waals surface area contributed by atoms with Gasteiger partial charge in [-0.05, 0) is 58.0 Å². The number of ether oxygens (including phenoxy) is 1. The summed E-state index contributed by atoms with van der Waals surface area (Å²) in [5.41, 5.74) is 3.79. The van der Waals surface area contributed by atoms with Gasteiger partial charge in [0.2, 0.25) is 0 Å². The highest BCUT2D eigenvalue weighted by Crippen LogP contribution is 2.31. The highest BCUT2D eigenvalue weighted by Gasteiger charge is 2.18. The molecule has 1 amide bonds. The molecule has 4 aromatic rings. The number of pyridine rings is 1. The molecule has 1 N–H and O–H groups in total. The number of benzene rings is 1. The minimum atomic E-state index is -0.228. The standard InChI is InChI=1S/C22H23N5O2S/c1-12(2)27-20-16(11-23-27)10-18(13(3)24-20)21(28)26-22-25-19(14(4)30-22)15-6-8-17(29-5)9-7-15/h6-12H,1-5H3,(H,25,26,28). The summed E-state index contributed by atoms with van der Waals surface area (Å²) in [5.74, 6) is 0.563. The molecule has 0 aliphatic heterocycles. The Morgan fingerprint density at radius 1 is 1.17 bits per heavy atom. The fourth-order valence-corrected chi connectivity index (χ4v) is 4.14. The second kappa shape index (κ2) is 7.87. The number of aryl methyl sites for hydroxylation is 2. The molecule has 0 unspecified atom stereocenters. The van der Waals surface area contributed by atoms with E-state index in [-0.39, 0.29) is 11.9 Å². The van der Waals surface area contributed by atoms with Gasteiger partial charge in [-0.25, -0.2) is 14.6 Å². The SMILES string of the molecule is COc1ccc(-c2nc(NC(=O)c3cc4cnn(C(C)C)c4nc3C)sc2C)cc1. The van der Waals surface area contributed by atoms with Crippen LogP contribution < -0.4 is 10.1 Å². The molecule has 0 fully saturated rings. The zero-order valence-corrected chi connectivity index (χ0v) is 18.4. The van der Waals surface area contributed by atoms with Crippen LogP contribution in [0.4, 0.5) is 5.13 Å². The van der Waals surface area contributed by atoms with Crippen LogP contribution in [0.2, 0.25) is 0 Å². The molecule has 3 heterocycles. The maximum absolute atomic E-state index is 12.9. The first-order chi connectivity index (χ1) is 14.4. The van der Waals surface area contributed by atoms with Gasteiger partial charge >= 0.3 is 0 Å². The number of aromatic nitrogens is 4. The van der Waals surface area contributed by atoms with Crippen LogP contribution in [0.5, 0.6) is 5.75 Å². The average Bonchev–Trinajstić information content (AvgIpc) is 3.30. The van der Waals surface area contributed by atoms with Crippen molar-refractivity contribution >= 4 is 33.4 Å². The summed E-state index contributed by atoms with van der Waals surface area (Å²) >= 11 is 1.45. The number of carbonyl (C=O) groups is 1. The Balaban J connectivity index is 1.60. The monoisotopic (exact) mass is 421 g/mol. The lowest BCUT2D eigenvalue weighted by Gasteiger charge is -2.09. The predicted octanol–water partition coefficient (Wildman–Crippen LogP) is 5.01. The van der Waals surface area contributed by atoms with Crippen molar-refractivity contribution in [3.8, 4) is 17.0 Å². The van der Waals surface area contributed by atoms with E-state index in [1.54, 1.807) is 13.3 Å². The van der Waals surface area contributed by atoms with E-state index in [9.17, 15) is 4.79 Å². The number of nitrogens with zero attached hydrogens (tertiary/aromatic N) is 4. The van der Waals surface area contributed by atoms with E-state index in [4.69, 9.17) is 4.74 Å². The number of methoxy groups -OCH3 is 1. The average molecular weight is 422 g/mol. The zero-order valence-electron chi connectivity index (χ0n) is 17.6. The molecule has 30 heavy (non-hydrogen) atoms. The Labute approximate surface area is 178 Å². The van der Waals surface area contributed by atoms with E-state index >= 15 is 0 Å². The zero-order chi connectivity index (χ0) is 21.4. The lowest BCUT2D eigenvalue weighted by molar-refractivity contribution is 0.102. The molecule has 0 aliphatic rings. The molecule has 0 bridgehead atoms. The minimum absolute atomic E-state index is 0.198. The Bertz CT molecular complexity index is 1220. The molecule has 0 atom stereocenters. The maximum Gasteiger partial charge on any atom is 0.259 e. The second-order valence-electron chi connectivity index (χ2n) is 7.32. The Morgan fingerprint density at radius 2 is 1.90 bits per heavy atom. The molecule has 1 aromatic carbocycles. The van der Waals surface area contributed by atoms with Crippen LogP contribution in [0.3, 0.4) is 0 Å². The van der Waals surface area contributed by atoms with Crippen molar-refractivity contribution in [2.75, 3.05) is 12.4 Å². The van der Waals surface area contributed by atoms with Crippen LogP contribution >= 0.6 is 11.3 Å². The van der Waals surface area contributed by atoms with Crippen molar-refractivity contribution in [3.05, 3.63) is 52.7 Å². The quantitative estimate of drug-likeness (QED) is 0.490. The second-order valence-corrected chi connectivity index (χ2v) is 8.53. The summed E-state index contributed by atoms with van der Waals surface area (Å²) in [6.45, 7) is 7.93. The molecular weight excluding hydrogens is 398 g/mol. The third kappa shape index (κ3) is 3.66. The first kappa shape index (κ1) is 20.0. The summed E-state index contributed by atoms with van der Waals surface area (Å²) in [4.78, 5) is 23.2. The van der Waals surface area contributed by atoms with Crippen LogP contribution in [-0.2, 0) is 0 Å². The molecule has 4 rings (SSSR count). The highest BCUT2D eigenvalue weighted by molar-refractivity contribution is 7.16. The van der Waals surface area contributed by atoms with Crippen molar-refractivity contribution in [2.24, 2.45) is 0 Å². The minimum Gasteiger partial charge on any atom is -0.497 e. The van der Waals surface area contributed by atoms with Crippen LogP contribution in [0.25, 0.3) is 22.3 Å². The van der Waals surface area contributed by atoms with Crippen molar-refractivity contribution in [3.63, 3.8) is 0 Å². The van der Waals surface area contributed by atoms with Crippen molar-refractivity contribution in [1.29, 1.82) is 0 Å². The fraction of sp³-hybridized carbons (Fsp3) is 0.273. The molecule has 3 aromatic heterocycles. The number of hydrogen-bond donors (Lipinski definition) is 1. The van der Waals surface area contributed by atoms with Gasteiger partial charge in [0.05, 0.1) is 30.3 Å². The molecule has 0 saturated carbocycles. The van der Waals surface area contributed by atoms with Gasteiger partial charge in [0.25, 0.3) is 5.91 Å². The van der Waals surface area contributed by atoms with E-state index in [1.807, 2.05) is 48.9 Å². The third-order valence-corrected chi connectivity index (χ3v) is 5.76. The highest BCUT2D eigenvalue weighted by atomic mass is 32.1. The van der Waals surface area contributed by atoms with Crippen LogP contribution in [0.15, 0.2) is 36.5 Å². The van der Waals surface area contributed by atoms with Gasteiger partial charge in [-0.3, -0.25) is 10.1 Å². The molecule has 154 valence electrons. The van der Waals surface area contributed by atoms with Crippen LogP contribution in [-0.4, -0.2) is 32.8 Å². The number of rotatable bonds is 5. The van der Waals surface area contributed by atoms with E-state index in [1.165, 1.54) is 11.3 Å². The van der Waals surface area contributed by atoms with E-state index in [0.29, 0.717) is 16.4 Å². The number of hydrogen-bond acceptors (Lipinski definition) is 6. The smallest absolute Gasteiger partial charge is 0.259 e. The number of amides is 1. The molecule has 0 radical (unpaired) electrons. The lowest BCUT2D eigenvalue weighted by atomic mass is 10.1. The van der Waals surface area contributed by atoms with E-state index in [0.717, 1.165) is 32.9 Å².